The van der Waals surface area contributed by atoms with Gasteiger partial charge in [0.15, 0.2) is 0 Å². The fourth-order valence-corrected chi connectivity index (χ4v) is 3.90. The number of para-hydroxylation sites is 2. The molecular formula is C24H25N3O4. The van der Waals surface area contributed by atoms with Crippen LogP contribution in [-0.2, 0) is 17.8 Å². The normalized spacial score (nSPS) is 15.8. The first kappa shape index (κ1) is 20.8. The van der Waals surface area contributed by atoms with E-state index in [1.165, 1.54) is 9.13 Å². The van der Waals surface area contributed by atoms with Gasteiger partial charge in [0.2, 0.25) is 0 Å². The molecule has 1 amide bonds. The monoisotopic (exact) mass is 419 g/mol. The van der Waals surface area contributed by atoms with Gasteiger partial charge in [0.05, 0.1) is 23.7 Å². The Balaban J connectivity index is 1.57. The van der Waals surface area contributed by atoms with Crippen LogP contribution in [0.5, 0.6) is 0 Å². The number of rotatable bonds is 7. The molecule has 2 heterocycles. The second kappa shape index (κ2) is 9.14. The van der Waals surface area contributed by atoms with Crippen LogP contribution in [0.25, 0.3) is 11.0 Å². The minimum atomic E-state index is -0.584. The Kier molecular flexibility index (Phi) is 6.13. The van der Waals surface area contributed by atoms with Crippen LogP contribution in [0.3, 0.4) is 0 Å². The van der Waals surface area contributed by atoms with E-state index in [-0.39, 0.29) is 25.1 Å². The Morgan fingerprint density at radius 2 is 1.74 bits per heavy atom. The van der Waals surface area contributed by atoms with E-state index >= 15 is 0 Å². The van der Waals surface area contributed by atoms with Crippen molar-refractivity contribution in [3.05, 3.63) is 93.0 Å². The molecule has 1 saturated heterocycles. The molecule has 1 aliphatic heterocycles. The largest absolute Gasteiger partial charge is 0.376 e. The van der Waals surface area contributed by atoms with E-state index in [2.05, 4.69) is 11.9 Å². The standard InChI is InChI=1S/C24H25N3O4/c1-2-13-26-20-7-3-4-8-21(20)27(24(30)23(26)29)16-17-9-11-18(12-10-17)22(28)25-15-19-6-5-14-31-19/h2-4,7-12,19H,1,5-6,13-16H2,(H,25,28). The Hall–Kier alpha value is -3.45. The Morgan fingerprint density at radius 3 is 2.39 bits per heavy atom. The minimum Gasteiger partial charge on any atom is -0.376 e. The molecule has 1 N–H and O–H groups in total. The summed E-state index contributed by atoms with van der Waals surface area (Å²) in [7, 11) is 0. The van der Waals surface area contributed by atoms with Gasteiger partial charge >= 0.3 is 11.1 Å². The van der Waals surface area contributed by atoms with Crippen molar-refractivity contribution >= 4 is 16.9 Å². The first-order valence-electron chi connectivity index (χ1n) is 10.4. The lowest BCUT2D eigenvalue weighted by Crippen LogP contribution is -2.41. The molecule has 1 fully saturated rings. The molecule has 1 atom stereocenters. The van der Waals surface area contributed by atoms with E-state index in [9.17, 15) is 14.4 Å². The van der Waals surface area contributed by atoms with E-state index in [0.29, 0.717) is 23.1 Å². The summed E-state index contributed by atoms with van der Waals surface area (Å²) in [6.45, 7) is 5.43. The highest BCUT2D eigenvalue weighted by Crippen LogP contribution is 2.14. The van der Waals surface area contributed by atoms with Gasteiger partial charge in [-0.2, -0.15) is 0 Å². The lowest BCUT2D eigenvalue weighted by Gasteiger charge is -2.14. The lowest BCUT2D eigenvalue weighted by atomic mass is 10.1. The molecule has 7 nitrogen and oxygen atoms in total. The van der Waals surface area contributed by atoms with E-state index in [1.807, 2.05) is 24.3 Å². The number of carbonyl (C=O) groups excluding carboxylic acids is 1. The molecule has 0 bridgehead atoms. The number of carbonyl (C=O) groups is 1. The van der Waals surface area contributed by atoms with Gasteiger partial charge in [-0.3, -0.25) is 23.5 Å². The van der Waals surface area contributed by atoms with Crippen LogP contribution in [0.15, 0.2) is 70.8 Å². The number of benzene rings is 2. The fraction of sp³-hybridized carbons (Fsp3) is 0.292. The third kappa shape index (κ3) is 4.36. The van der Waals surface area contributed by atoms with Gasteiger partial charge in [0, 0.05) is 25.3 Å². The molecule has 0 spiro atoms. The Labute approximate surface area is 179 Å². The predicted octanol–water partition coefficient (Wildman–Crippen LogP) is 2.31. The molecule has 1 aromatic heterocycles. The molecule has 160 valence electrons. The number of aromatic nitrogens is 2. The van der Waals surface area contributed by atoms with Gasteiger partial charge in [0.25, 0.3) is 5.91 Å². The highest BCUT2D eigenvalue weighted by molar-refractivity contribution is 5.94. The molecule has 0 saturated carbocycles. The van der Waals surface area contributed by atoms with Crippen LogP contribution >= 0.6 is 0 Å². The molecule has 3 aromatic rings. The molecule has 0 radical (unpaired) electrons. The molecule has 31 heavy (non-hydrogen) atoms. The number of nitrogens with zero attached hydrogens (tertiary/aromatic N) is 2. The summed E-state index contributed by atoms with van der Waals surface area (Å²) in [5, 5.41) is 2.90. The molecule has 2 aromatic carbocycles. The van der Waals surface area contributed by atoms with Gasteiger partial charge in [-0.05, 0) is 42.7 Å². The van der Waals surface area contributed by atoms with Crippen LogP contribution < -0.4 is 16.4 Å². The van der Waals surface area contributed by atoms with Crippen molar-refractivity contribution in [3.63, 3.8) is 0 Å². The molecule has 0 aliphatic carbocycles. The van der Waals surface area contributed by atoms with Crippen LogP contribution in [0.1, 0.15) is 28.8 Å². The first-order valence-corrected chi connectivity index (χ1v) is 10.4. The number of nitrogens with one attached hydrogen (secondary N) is 1. The maximum atomic E-state index is 12.8. The van der Waals surface area contributed by atoms with E-state index in [0.717, 1.165) is 25.0 Å². The summed E-state index contributed by atoms with van der Waals surface area (Å²) < 4.78 is 8.43. The number of hydrogen-bond acceptors (Lipinski definition) is 4. The summed E-state index contributed by atoms with van der Waals surface area (Å²) in [6, 6.07) is 14.4. The van der Waals surface area contributed by atoms with Crippen LogP contribution in [-0.4, -0.2) is 34.3 Å². The lowest BCUT2D eigenvalue weighted by molar-refractivity contribution is 0.0858. The van der Waals surface area contributed by atoms with Gasteiger partial charge in [-0.15, -0.1) is 6.58 Å². The maximum Gasteiger partial charge on any atom is 0.317 e. The number of fused-ring (bicyclic) bond motifs is 1. The average Bonchev–Trinajstić information content (AvgIpc) is 3.32. The van der Waals surface area contributed by atoms with E-state index in [1.54, 1.807) is 30.3 Å². The zero-order chi connectivity index (χ0) is 21.8. The van der Waals surface area contributed by atoms with Gasteiger partial charge in [0.1, 0.15) is 0 Å². The van der Waals surface area contributed by atoms with Crippen molar-refractivity contribution in [2.75, 3.05) is 13.2 Å². The van der Waals surface area contributed by atoms with Crippen molar-refractivity contribution in [3.8, 4) is 0 Å². The Morgan fingerprint density at radius 1 is 1.06 bits per heavy atom. The van der Waals surface area contributed by atoms with Gasteiger partial charge in [-0.1, -0.05) is 30.3 Å². The van der Waals surface area contributed by atoms with Crippen molar-refractivity contribution < 1.29 is 9.53 Å². The molecule has 1 unspecified atom stereocenters. The number of ether oxygens (including phenoxy) is 1. The topological polar surface area (TPSA) is 82.3 Å². The summed E-state index contributed by atoms with van der Waals surface area (Å²) in [5.74, 6) is -0.156. The van der Waals surface area contributed by atoms with Crippen molar-refractivity contribution in [1.29, 1.82) is 0 Å². The molecule has 1 aliphatic rings. The number of amides is 1. The predicted molar refractivity (Wildman–Crippen MR) is 120 cm³/mol. The maximum absolute atomic E-state index is 12.8. The summed E-state index contributed by atoms with van der Waals surface area (Å²) in [5.41, 5.74) is 1.55. The zero-order valence-electron chi connectivity index (χ0n) is 17.3. The third-order valence-electron chi connectivity index (χ3n) is 5.52. The quantitative estimate of drug-likeness (QED) is 0.471. The summed E-state index contributed by atoms with van der Waals surface area (Å²) in [4.78, 5) is 37.8. The second-order valence-electron chi connectivity index (χ2n) is 7.63. The first-order chi connectivity index (χ1) is 15.1. The van der Waals surface area contributed by atoms with Crippen LogP contribution in [0.4, 0.5) is 0 Å². The summed E-state index contributed by atoms with van der Waals surface area (Å²) >= 11 is 0. The third-order valence-corrected chi connectivity index (χ3v) is 5.52. The van der Waals surface area contributed by atoms with Crippen LogP contribution in [0, 0.1) is 0 Å². The zero-order valence-corrected chi connectivity index (χ0v) is 17.3. The molecule has 4 rings (SSSR count). The van der Waals surface area contributed by atoms with Crippen LogP contribution in [0.2, 0.25) is 0 Å². The number of hydrogen-bond donors (Lipinski definition) is 1. The second-order valence-corrected chi connectivity index (χ2v) is 7.63. The number of allylic oxidation sites excluding steroid dienone is 1. The van der Waals surface area contributed by atoms with Gasteiger partial charge < -0.3 is 10.1 Å². The molecule has 7 heteroatoms. The highest BCUT2D eigenvalue weighted by Gasteiger charge is 2.17. The summed E-state index contributed by atoms with van der Waals surface area (Å²) in [6.07, 6.45) is 3.68. The van der Waals surface area contributed by atoms with Crippen molar-refractivity contribution in [2.45, 2.75) is 32.0 Å². The van der Waals surface area contributed by atoms with E-state index < -0.39 is 11.1 Å². The average molecular weight is 419 g/mol. The smallest absolute Gasteiger partial charge is 0.317 e. The molecular weight excluding hydrogens is 394 g/mol. The van der Waals surface area contributed by atoms with Gasteiger partial charge in [-0.25, -0.2) is 0 Å². The highest BCUT2D eigenvalue weighted by atomic mass is 16.5. The fourth-order valence-electron chi connectivity index (χ4n) is 3.90. The SMILES string of the molecule is C=CCn1c(=O)c(=O)n(Cc2ccc(C(=O)NCC3CCCO3)cc2)c2ccccc21. The van der Waals surface area contributed by atoms with Crippen molar-refractivity contribution in [2.24, 2.45) is 0 Å². The minimum absolute atomic E-state index is 0.0894. The van der Waals surface area contributed by atoms with Crippen molar-refractivity contribution in [1.82, 2.24) is 14.5 Å². The van der Waals surface area contributed by atoms with E-state index in [4.69, 9.17) is 4.74 Å². The Bertz CT molecular complexity index is 1220.